The second kappa shape index (κ2) is 10.4. The van der Waals surface area contributed by atoms with Gasteiger partial charge in [-0.3, -0.25) is 4.57 Å². The Labute approximate surface area is 213 Å². The van der Waals surface area contributed by atoms with Gasteiger partial charge in [0, 0.05) is 29.5 Å². The highest BCUT2D eigenvalue weighted by molar-refractivity contribution is 7.99. The van der Waals surface area contributed by atoms with Crippen molar-refractivity contribution in [2.45, 2.75) is 24.4 Å². The standard InChI is InChI=1S/C28H26FN5OS/c1-28(2,21-6-4-3-5-7-21)26-31-32-27(34(26)24-10-8-22(29)9-11-24)36-19-18-35-25-14-12-23(13-15-25)33-17-16-30-20-33/h3-17,20H,18-19H2,1-2H3. The van der Waals surface area contributed by atoms with Crippen molar-refractivity contribution in [1.82, 2.24) is 24.3 Å². The summed E-state index contributed by atoms with van der Waals surface area (Å²) in [5.74, 6) is 1.98. The number of halogens is 1. The van der Waals surface area contributed by atoms with Gasteiger partial charge >= 0.3 is 0 Å². The number of ether oxygens (including phenoxy) is 1. The summed E-state index contributed by atoms with van der Waals surface area (Å²) < 4.78 is 23.6. The van der Waals surface area contributed by atoms with E-state index in [1.165, 1.54) is 12.1 Å². The smallest absolute Gasteiger partial charge is 0.195 e. The predicted octanol–water partition coefficient (Wildman–Crippen LogP) is 6.09. The minimum absolute atomic E-state index is 0.280. The van der Waals surface area contributed by atoms with Crippen molar-refractivity contribution in [3.8, 4) is 17.1 Å². The number of aromatic nitrogens is 5. The highest BCUT2D eigenvalue weighted by Gasteiger charge is 2.31. The molecule has 0 fully saturated rings. The van der Waals surface area contributed by atoms with Gasteiger partial charge in [0.15, 0.2) is 5.16 Å². The normalized spacial score (nSPS) is 11.5. The average Bonchev–Trinajstić information content (AvgIpc) is 3.59. The van der Waals surface area contributed by atoms with E-state index < -0.39 is 5.41 Å². The third-order valence-corrected chi connectivity index (χ3v) is 6.89. The van der Waals surface area contributed by atoms with Crippen LogP contribution in [0.1, 0.15) is 25.2 Å². The van der Waals surface area contributed by atoms with E-state index in [1.807, 2.05) is 57.8 Å². The zero-order chi connectivity index (χ0) is 25.0. The summed E-state index contributed by atoms with van der Waals surface area (Å²) in [4.78, 5) is 4.07. The molecule has 5 rings (SSSR count). The van der Waals surface area contributed by atoms with E-state index in [1.54, 1.807) is 36.4 Å². The van der Waals surface area contributed by atoms with Crippen molar-refractivity contribution in [3.63, 3.8) is 0 Å². The van der Waals surface area contributed by atoms with Crippen LogP contribution < -0.4 is 4.74 Å². The summed E-state index contributed by atoms with van der Waals surface area (Å²) in [5, 5.41) is 9.83. The average molecular weight is 500 g/mol. The van der Waals surface area contributed by atoms with Crippen LogP contribution in [-0.4, -0.2) is 36.7 Å². The van der Waals surface area contributed by atoms with E-state index in [4.69, 9.17) is 4.74 Å². The van der Waals surface area contributed by atoms with Crippen molar-refractivity contribution >= 4 is 11.8 Å². The van der Waals surface area contributed by atoms with Gasteiger partial charge in [-0.2, -0.15) is 0 Å². The molecule has 2 heterocycles. The molecule has 0 aliphatic rings. The van der Waals surface area contributed by atoms with Crippen LogP contribution >= 0.6 is 11.8 Å². The van der Waals surface area contributed by atoms with Crippen LogP contribution in [0.2, 0.25) is 0 Å². The number of hydrogen-bond donors (Lipinski definition) is 0. The first-order valence-corrected chi connectivity index (χ1v) is 12.6. The Hall–Kier alpha value is -3.91. The van der Waals surface area contributed by atoms with Gasteiger partial charge in [-0.15, -0.1) is 10.2 Å². The molecule has 0 amide bonds. The summed E-state index contributed by atoms with van der Waals surface area (Å²) >= 11 is 1.56. The lowest BCUT2D eigenvalue weighted by molar-refractivity contribution is 0.344. The number of benzene rings is 3. The molecule has 0 aliphatic heterocycles. The molecule has 0 unspecified atom stereocenters. The van der Waals surface area contributed by atoms with E-state index in [0.29, 0.717) is 12.4 Å². The minimum atomic E-state index is -0.408. The minimum Gasteiger partial charge on any atom is -0.493 e. The molecule has 5 aromatic rings. The molecule has 0 spiro atoms. The number of nitrogens with zero attached hydrogens (tertiary/aromatic N) is 5. The van der Waals surface area contributed by atoms with Crippen LogP contribution in [0.4, 0.5) is 4.39 Å². The summed E-state index contributed by atoms with van der Waals surface area (Å²) in [6.45, 7) is 4.75. The first kappa shape index (κ1) is 23.8. The molecule has 2 aromatic heterocycles. The van der Waals surface area contributed by atoms with Crippen LogP contribution in [0.3, 0.4) is 0 Å². The van der Waals surface area contributed by atoms with Crippen LogP contribution in [0.5, 0.6) is 5.75 Å². The van der Waals surface area contributed by atoms with Crippen LogP contribution in [0, 0.1) is 5.82 Å². The van der Waals surface area contributed by atoms with E-state index in [9.17, 15) is 4.39 Å². The molecular formula is C28H26FN5OS. The van der Waals surface area contributed by atoms with Gasteiger partial charge in [0.2, 0.25) is 0 Å². The van der Waals surface area contributed by atoms with Gasteiger partial charge in [0.05, 0.1) is 18.3 Å². The molecular weight excluding hydrogens is 473 g/mol. The summed E-state index contributed by atoms with van der Waals surface area (Å²) in [5.41, 5.74) is 2.56. The molecule has 0 saturated carbocycles. The Morgan fingerprint density at radius 3 is 2.31 bits per heavy atom. The van der Waals surface area contributed by atoms with E-state index >= 15 is 0 Å². The van der Waals surface area contributed by atoms with Gasteiger partial charge in [0.1, 0.15) is 17.4 Å². The van der Waals surface area contributed by atoms with Crippen molar-refractivity contribution in [2.24, 2.45) is 0 Å². The van der Waals surface area contributed by atoms with Gasteiger partial charge in [-0.05, 0) is 67.9 Å². The maximum absolute atomic E-state index is 13.7. The zero-order valence-corrected chi connectivity index (χ0v) is 20.9. The fourth-order valence-electron chi connectivity index (χ4n) is 3.99. The molecule has 3 aromatic carbocycles. The SMILES string of the molecule is CC(C)(c1ccccc1)c1nnc(SCCOc2ccc(-n3ccnc3)cc2)n1-c1ccc(F)cc1. The van der Waals surface area contributed by atoms with Crippen LogP contribution in [0.25, 0.3) is 11.4 Å². The zero-order valence-electron chi connectivity index (χ0n) is 20.1. The maximum Gasteiger partial charge on any atom is 0.195 e. The first-order chi connectivity index (χ1) is 17.5. The Bertz CT molecular complexity index is 1400. The van der Waals surface area contributed by atoms with Crippen LogP contribution in [0.15, 0.2) is 103 Å². The molecule has 182 valence electrons. The van der Waals surface area contributed by atoms with E-state index in [-0.39, 0.29) is 5.82 Å². The molecule has 0 saturated heterocycles. The Kier molecular flexibility index (Phi) is 6.86. The Morgan fingerprint density at radius 1 is 0.889 bits per heavy atom. The molecule has 0 aliphatic carbocycles. The number of hydrogen-bond acceptors (Lipinski definition) is 5. The lowest BCUT2D eigenvalue weighted by Crippen LogP contribution is -2.24. The maximum atomic E-state index is 13.7. The topological polar surface area (TPSA) is 57.8 Å². The monoisotopic (exact) mass is 499 g/mol. The fourth-order valence-corrected chi connectivity index (χ4v) is 4.76. The summed E-state index contributed by atoms with van der Waals surface area (Å²) in [6, 6.07) is 24.5. The molecule has 36 heavy (non-hydrogen) atoms. The lowest BCUT2D eigenvalue weighted by atomic mass is 9.83. The third-order valence-electron chi connectivity index (χ3n) is 6.00. The first-order valence-electron chi connectivity index (χ1n) is 11.6. The molecule has 0 N–H and O–H groups in total. The van der Waals surface area contributed by atoms with E-state index in [2.05, 4.69) is 41.2 Å². The van der Waals surface area contributed by atoms with Crippen molar-refractivity contribution in [2.75, 3.05) is 12.4 Å². The number of rotatable bonds is 9. The molecule has 6 nitrogen and oxygen atoms in total. The highest BCUT2D eigenvalue weighted by Crippen LogP contribution is 2.34. The second-order valence-electron chi connectivity index (χ2n) is 8.77. The van der Waals surface area contributed by atoms with Crippen molar-refractivity contribution in [3.05, 3.63) is 115 Å². The lowest BCUT2D eigenvalue weighted by Gasteiger charge is -2.25. The molecule has 0 bridgehead atoms. The summed E-state index contributed by atoms with van der Waals surface area (Å²) in [7, 11) is 0. The van der Waals surface area contributed by atoms with Crippen molar-refractivity contribution in [1.29, 1.82) is 0 Å². The molecule has 0 atom stereocenters. The van der Waals surface area contributed by atoms with Gasteiger partial charge < -0.3 is 9.30 Å². The predicted molar refractivity (Wildman–Crippen MR) is 140 cm³/mol. The van der Waals surface area contributed by atoms with E-state index in [0.717, 1.165) is 33.7 Å². The molecule has 8 heteroatoms. The van der Waals surface area contributed by atoms with Gasteiger partial charge in [-0.25, -0.2) is 9.37 Å². The highest BCUT2D eigenvalue weighted by atomic mass is 32.2. The van der Waals surface area contributed by atoms with Crippen LogP contribution in [-0.2, 0) is 5.41 Å². The largest absolute Gasteiger partial charge is 0.493 e. The summed E-state index contributed by atoms with van der Waals surface area (Å²) in [6.07, 6.45) is 5.41. The quantitative estimate of drug-likeness (QED) is 0.181. The Morgan fingerprint density at radius 2 is 1.61 bits per heavy atom. The van der Waals surface area contributed by atoms with Gasteiger partial charge in [0.25, 0.3) is 0 Å². The Balaban J connectivity index is 1.32. The number of thioether (sulfide) groups is 1. The second-order valence-corrected chi connectivity index (χ2v) is 9.83. The van der Waals surface area contributed by atoms with Crippen molar-refractivity contribution < 1.29 is 9.13 Å². The fraction of sp³-hybridized carbons (Fsp3) is 0.179. The number of imidazole rings is 1. The third kappa shape index (κ3) is 5.04. The van der Waals surface area contributed by atoms with Gasteiger partial charge in [-0.1, -0.05) is 42.1 Å². The molecule has 0 radical (unpaired) electrons.